The Hall–Kier alpha value is -1.27. The Bertz CT molecular complexity index is 362. The lowest BCUT2D eigenvalue weighted by Gasteiger charge is -2.09. The minimum Gasteiger partial charge on any atom is -0.388 e. The van der Waals surface area contributed by atoms with Crippen molar-refractivity contribution in [3.05, 3.63) is 18.1 Å². The van der Waals surface area contributed by atoms with Gasteiger partial charge in [0.2, 0.25) is 0 Å². The Kier molecular flexibility index (Phi) is 3.63. The van der Waals surface area contributed by atoms with E-state index in [4.69, 9.17) is 22.7 Å². The number of thiocarbonyl (C=S) groups is 1. The van der Waals surface area contributed by atoms with Gasteiger partial charge in [-0.3, -0.25) is 0 Å². The summed E-state index contributed by atoms with van der Waals surface area (Å²) in [5.41, 5.74) is 5.98. The largest absolute Gasteiger partial charge is 0.388 e. The first-order valence-electron chi connectivity index (χ1n) is 5.19. The predicted octanol–water partition coefficient (Wildman–Crippen LogP) is 0.559. The van der Waals surface area contributed by atoms with E-state index < -0.39 is 0 Å². The normalized spacial score (nSPS) is 19.6. The second-order valence-electron chi connectivity index (χ2n) is 3.76. The zero-order valence-corrected chi connectivity index (χ0v) is 9.67. The molecule has 6 heteroatoms. The van der Waals surface area contributed by atoms with Crippen LogP contribution in [0.3, 0.4) is 0 Å². The van der Waals surface area contributed by atoms with Gasteiger partial charge in [-0.15, -0.1) is 0 Å². The van der Waals surface area contributed by atoms with Gasteiger partial charge >= 0.3 is 0 Å². The lowest BCUT2D eigenvalue weighted by atomic mass is 10.1. The molecule has 1 aliphatic heterocycles. The molecular weight excluding hydrogens is 224 g/mol. The van der Waals surface area contributed by atoms with Crippen LogP contribution in [0.25, 0.3) is 0 Å². The molecule has 1 aliphatic rings. The molecule has 2 rings (SSSR count). The maximum absolute atomic E-state index is 5.43. The fourth-order valence-electron chi connectivity index (χ4n) is 1.54. The lowest BCUT2D eigenvalue weighted by Crippen LogP contribution is -2.16. The molecule has 1 aromatic heterocycles. The van der Waals surface area contributed by atoms with Crippen LogP contribution in [0, 0.1) is 5.92 Å². The average Bonchev–Trinajstić information content (AvgIpc) is 2.80. The van der Waals surface area contributed by atoms with Gasteiger partial charge in [-0.2, -0.15) is 0 Å². The minimum atomic E-state index is 0.267. The number of nitrogens with zero attached hydrogens (tertiary/aromatic N) is 2. The monoisotopic (exact) mass is 238 g/mol. The molecule has 1 fully saturated rings. The van der Waals surface area contributed by atoms with E-state index in [1.165, 1.54) is 0 Å². The molecular formula is C10H14N4OS. The van der Waals surface area contributed by atoms with Gasteiger partial charge in [-0.1, -0.05) is 12.2 Å². The number of anilines is 1. The summed E-state index contributed by atoms with van der Waals surface area (Å²) >= 11 is 4.80. The molecule has 0 spiro atoms. The molecule has 1 atom stereocenters. The number of hydrogen-bond donors (Lipinski definition) is 2. The van der Waals surface area contributed by atoms with Crippen LogP contribution in [0.2, 0.25) is 0 Å². The van der Waals surface area contributed by atoms with E-state index in [1.54, 1.807) is 12.4 Å². The van der Waals surface area contributed by atoms with Crippen LogP contribution in [-0.4, -0.2) is 34.7 Å². The van der Waals surface area contributed by atoms with Crippen molar-refractivity contribution in [1.82, 2.24) is 9.97 Å². The van der Waals surface area contributed by atoms with Crippen molar-refractivity contribution in [2.75, 3.05) is 25.1 Å². The molecule has 3 N–H and O–H groups in total. The topological polar surface area (TPSA) is 73.1 Å². The van der Waals surface area contributed by atoms with Gasteiger partial charge in [0.25, 0.3) is 0 Å². The standard InChI is InChI=1S/C10H14N4OS/c11-10(16)8-4-14-9(5-12-8)13-3-7-1-2-15-6-7/h4-5,7H,1-3,6H2,(H2,11,16)(H,13,14). The fraction of sp³-hybridized carbons (Fsp3) is 0.500. The fourth-order valence-corrected chi connectivity index (χ4v) is 1.65. The molecule has 0 amide bonds. The molecule has 0 radical (unpaired) electrons. The third-order valence-electron chi connectivity index (χ3n) is 2.50. The third-order valence-corrected chi connectivity index (χ3v) is 2.71. The number of rotatable bonds is 4. The highest BCUT2D eigenvalue weighted by atomic mass is 32.1. The maximum Gasteiger partial charge on any atom is 0.144 e. The molecule has 1 unspecified atom stereocenters. The third kappa shape index (κ3) is 2.86. The number of nitrogens with one attached hydrogen (secondary N) is 1. The van der Waals surface area contributed by atoms with E-state index in [0.717, 1.165) is 32.0 Å². The highest BCUT2D eigenvalue weighted by Gasteiger charge is 2.15. The zero-order chi connectivity index (χ0) is 11.4. The van der Waals surface area contributed by atoms with Crippen LogP contribution in [0.4, 0.5) is 5.82 Å². The van der Waals surface area contributed by atoms with Crippen molar-refractivity contribution in [3.63, 3.8) is 0 Å². The Morgan fingerprint density at radius 2 is 2.44 bits per heavy atom. The summed E-state index contributed by atoms with van der Waals surface area (Å²) in [5, 5.41) is 3.22. The summed E-state index contributed by atoms with van der Waals surface area (Å²) in [4.78, 5) is 8.55. The zero-order valence-electron chi connectivity index (χ0n) is 8.85. The smallest absolute Gasteiger partial charge is 0.144 e. The van der Waals surface area contributed by atoms with E-state index in [0.29, 0.717) is 11.6 Å². The van der Waals surface area contributed by atoms with Gasteiger partial charge in [-0.05, 0) is 6.42 Å². The lowest BCUT2D eigenvalue weighted by molar-refractivity contribution is 0.187. The molecule has 0 aliphatic carbocycles. The number of nitrogens with two attached hydrogens (primary N) is 1. The van der Waals surface area contributed by atoms with Gasteiger partial charge < -0.3 is 15.8 Å². The second kappa shape index (κ2) is 5.18. The first-order valence-corrected chi connectivity index (χ1v) is 5.60. The summed E-state index contributed by atoms with van der Waals surface area (Å²) < 4.78 is 5.29. The summed E-state index contributed by atoms with van der Waals surface area (Å²) in [7, 11) is 0. The highest BCUT2D eigenvalue weighted by molar-refractivity contribution is 7.80. The quantitative estimate of drug-likeness (QED) is 0.747. The highest BCUT2D eigenvalue weighted by Crippen LogP contribution is 2.12. The van der Waals surface area contributed by atoms with Gasteiger partial charge in [0, 0.05) is 19.1 Å². The molecule has 86 valence electrons. The Morgan fingerprint density at radius 3 is 3.00 bits per heavy atom. The van der Waals surface area contributed by atoms with E-state index in [9.17, 15) is 0 Å². The summed E-state index contributed by atoms with van der Waals surface area (Å²) in [6.45, 7) is 2.55. The van der Waals surface area contributed by atoms with Gasteiger partial charge in [-0.25, -0.2) is 9.97 Å². The summed E-state index contributed by atoms with van der Waals surface area (Å²) in [6.07, 6.45) is 4.32. The van der Waals surface area contributed by atoms with Crippen LogP contribution in [0.1, 0.15) is 12.1 Å². The van der Waals surface area contributed by atoms with Crippen molar-refractivity contribution < 1.29 is 4.74 Å². The average molecular weight is 238 g/mol. The SMILES string of the molecule is NC(=S)c1cnc(NCC2CCOC2)cn1. The molecule has 0 bridgehead atoms. The van der Waals surface area contributed by atoms with Crippen molar-refractivity contribution in [1.29, 1.82) is 0 Å². The predicted molar refractivity (Wildman–Crippen MR) is 65.3 cm³/mol. The first kappa shape index (κ1) is 11.2. The molecule has 2 heterocycles. The summed E-state index contributed by atoms with van der Waals surface area (Å²) in [5.74, 6) is 1.31. The van der Waals surface area contributed by atoms with Crippen LogP contribution >= 0.6 is 12.2 Å². The Balaban J connectivity index is 1.87. The minimum absolute atomic E-state index is 0.267. The summed E-state index contributed by atoms with van der Waals surface area (Å²) in [6, 6.07) is 0. The molecule has 5 nitrogen and oxygen atoms in total. The maximum atomic E-state index is 5.43. The Labute approximate surface area is 99.4 Å². The second-order valence-corrected chi connectivity index (χ2v) is 4.20. The Morgan fingerprint density at radius 1 is 1.56 bits per heavy atom. The van der Waals surface area contributed by atoms with Gasteiger partial charge in [0.05, 0.1) is 19.0 Å². The van der Waals surface area contributed by atoms with E-state index in [-0.39, 0.29) is 4.99 Å². The van der Waals surface area contributed by atoms with Crippen LogP contribution in [-0.2, 0) is 4.74 Å². The van der Waals surface area contributed by atoms with Crippen molar-refractivity contribution in [3.8, 4) is 0 Å². The number of hydrogen-bond acceptors (Lipinski definition) is 5. The van der Waals surface area contributed by atoms with Gasteiger partial charge in [0.1, 0.15) is 16.5 Å². The first-order chi connectivity index (χ1) is 7.75. The van der Waals surface area contributed by atoms with E-state index in [2.05, 4.69) is 15.3 Å². The molecule has 16 heavy (non-hydrogen) atoms. The molecule has 0 aromatic carbocycles. The van der Waals surface area contributed by atoms with E-state index in [1.807, 2.05) is 0 Å². The molecule has 1 saturated heterocycles. The van der Waals surface area contributed by atoms with E-state index >= 15 is 0 Å². The van der Waals surface area contributed by atoms with Crippen LogP contribution in [0.15, 0.2) is 12.4 Å². The van der Waals surface area contributed by atoms with Gasteiger partial charge in [0.15, 0.2) is 0 Å². The van der Waals surface area contributed by atoms with Crippen molar-refractivity contribution in [2.45, 2.75) is 6.42 Å². The van der Waals surface area contributed by atoms with Crippen molar-refractivity contribution in [2.24, 2.45) is 11.7 Å². The van der Waals surface area contributed by atoms with Crippen LogP contribution < -0.4 is 11.1 Å². The van der Waals surface area contributed by atoms with Crippen molar-refractivity contribution >= 4 is 23.0 Å². The number of aromatic nitrogens is 2. The van der Waals surface area contributed by atoms with Crippen LogP contribution in [0.5, 0.6) is 0 Å². The number of ether oxygens (including phenoxy) is 1. The molecule has 0 saturated carbocycles. The molecule has 1 aromatic rings.